The van der Waals surface area contributed by atoms with Gasteiger partial charge in [-0.15, -0.1) is 0 Å². The average Bonchev–Trinajstić information content (AvgIpc) is 2.42. The van der Waals surface area contributed by atoms with Crippen molar-refractivity contribution < 1.29 is 9.53 Å². The number of carbonyl (C=O) groups excluding carboxylic acids is 1. The summed E-state index contributed by atoms with van der Waals surface area (Å²) < 4.78 is 5.17. The third-order valence-corrected chi connectivity index (χ3v) is 3.70. The number of Topliss-reactive ketones (excluding diaryl/α,β-unsaturated/α-hetero) is 1. The highest BCUT2D eigenvalue weighted by Gasteiger charge is 2.42. The van der Waals surface area contributed by atoms with Crippen LogP contribution in [0.1, 0.15) is 42.1 Å². The maximum absolute atomic E-state index is 12.5. The molecule has 0 N–H and O–H groups in total. The van der Waals surface area contributed by atoms with Crippen LogP contribution < -0.4 is 4.74 Å². The SMILES string of the molecule is CCCC1(C#N)CCc2cc(OC)ccc2C1=O. The second kappa shape index (κ2) is 4.81. The number of hydrogen-bond acceptors (Lipinski definition) is 3. The van der Waals surface area contributed by atoms with Gasteiger partial charge < -0.3 is 4.74 Å². The first-order chi connectivity index (χ1) is 8.66. The van der Waals surface area contributed by atoms with Crippen LogP contribution in [-0.4, -0.2) is 12.9 Å². The number of nitriles is 1. The largest absolute Gasteiger partial charge is 0.497 e. The monoisotopic (exact) mass is 243 g/mol. The van der Waals surface area contributed by atoms with E-state index in [4.69, 9.17) is 4.74 Å². The molecule has 0 radical (unpaired) electrons. The highest BCUT2D eigenvalue weighted by molar-refractivity contribution is 6.04. The van der Waals surface area contributed by atoms with E-state index in [0.29, 0.717) is 18.4 Å². The molecule has 3 heteroatoms. The average molecular weight is 243 g/mol. The second-order valence-corrected chi connectivity index (χ2v) is 4.80. The van der Waals surface area contributed by atoms with Gasteiger partial charge in [0, 0.05) is 5.56 Å². The molecule has 0 amide bonds. The smallest absolute Gasteiger partial charge is 0.183 e. The maximum Gasteiger partial charge on any atom is 0.183 e. The predicted octanol–water partition coefficient (Wildman–Crippen LogP) is 3.13. The van der Waals surface area contributed by atoms with E-state index in [9.17, 15) is 10.1 Å². The van der Waals surface area contributed by atoms with E-state index in [1.165, 1.54) is 0 Å². The number of ketones is 1. The van der Waals surface area contributed by atoms with Gasteiger partial charge in [0.15, 0.2) is 5.78 Å². The molecule has 1 atom stereocenters. The molecule has 1 aromatic carbocycles. The topological polar surface area (TPSA) is 50.1 Å². The number of methoxy groups -OCH3 is 1. The van der Waals surface area contributed by atoms with E-state index in [1.807, 2.05) is 13.0 Å². The summed E-state index contributed by atoms with van der Waals surface area (Å²) >= 11 is 0. The third kappa shape index (κ3) is 1.88. The Morgan fingerprint density at radius 1 is 1.50 bits per heavy atom. The fourth-order valence-corrected chi connectivity index (χ4v) is 2.67. The van der Waals surface area contributed by atoms with Crippen molar-refractivity contribution >= 4 is 5.78 Å². The van der Waals surface area contributed by atoms with Crippen LogP contribution >= 0.6 is 0 Å². The first-order valence-electron chi connectivity index (χ1n) is 6.30. The molecular formula is C15H17NO2. The molecule has 1 unspecified atom stereocenters. The van der Waals surface area contributed by atoms with Crippen molar-refractivity contribution in [3.8, 4) is 11.8 Å². The zero-order chi connectivity index (χ0) is 13.2. The van der Waals surface area contributed by atoms with Crippen LogP contribution in [0.3, 0.4) is 0 Å². The van der Waals surface area contributed by atoms with Gasteiger partial charge in [0.25, 0.3) is 0 Å². The molecule has 0 saturated carbocycles. The van der Waals surface area contributed by atoms with Crippen molar-refractivity contribution in [2.45, 2.75) is 32.6 Å². The molecule has 1 aliphatic carbocycles. The van der Waals surface area contributed by atoms with Crippen molar-refractivity contribution in [1.82, 2.24) is 0 Å². The first-order valence-corrected chi connectivity index (χ1v) is 6.30. The highest BCUT2D eigenvalue weighted by Crippen LogP contribution is 2.39. The van der Waals surface area contributed by atoms with E-state index < -0.39 is 5.41 Å². The van der Waals surface area contributed by atoms with Crippen LogP contribution in [0.25, 0.3) is 0 Å². The van der Waals surface area contributed by atoms with Crippen LogP contribution in [0, 0.1) is 16.7 Å². The second-order valence-electron chi connectivity index (χ2n) is 4.80. The number of ether oxygens (including phenoxy) is 1. The summed E-state index contributed by atoms with van der Waals surface area (Å²) in [5.74, 6) is 0.747. The summed E-state index contributed by atoms with van der Waals surface area (Å²) in [6.45, 7) is 2.01. The quantitative estimate of drug-likeness (QED) is 0.819. The lowest BCUT2D eigenvalue weighted by Gasteiger charge is -2.30. The lowest BCUT2D eigenvalue weighted by molar-refractivity contribution is 0.0822. The van der Waals surface area contributed by atoms with Crippen LogP contribution in [0.15, 0.2) is 18.2 Å². The van der Waals surface area contributed by atoms with Gasteiger partial charge in [-0.25, -0.2) is 0 Å². The van der Waals surface area contributed by atoms with Crippen molar-refractivity contribution in [2.75, 3.05) is 7.11 Å². The zero-order valence-electron chi connectivity index (χ0n) is 10.8. The van der Waals surface area contributed by atoms with Gasteiger partial charge in [-0.3, -0.25) is 4.79 Å². The fourth-order valence-electron chi connectivity index (χ4n) is 2.67. The molecule has 0 bridgehead atoms. The van der Waals surface area contributed by atoms with E-state index in [0.717, 1.165) is 24.2 Å². The molecule has 0 saturated heterocycles. The van der Waals surface area contributed by atoms with Crippen LogP contribution in [0.5, 0.6) is 5.75 Å². The van der Waals surface area contributed by atoms with Crippen molar-refractivity contribution in [3.05, 3.63) is 29.3 Å². The third-order valence-electron chi connectivity index (χ3n) is 3.70. The van der Waals surface area contributed by atoms with Gasteiger partial charge in [0.05, 0.1) is 13.2 Å². The minimum absolute atomic E-state index is 0.0178. The first kappa shape index (κ1) is 12.6. The van der Waals surface area contributed by atoms with E-state index >= 15 is 0 Å². The molecule has 1 aliphatic rings. The molecule has 0 heterocycles. The number of carbonyl (C=O) groups is 1. The molecule has 0 aliphatic heterocycles. The number of aryl methyl sites for hydroxylation is 1. The molecule has 94 valence electrons. The Kier molecular flexibility index (Phi) is 3.38. The molecule has 18 heavy (non-hydrogen) atoms. The Hall–Kier alpha value is -1.82. The van der Waals surface area contributed by atoms with E-state index in [1.54, 1.807) is 19.2 Å². The van der Waals surface area contributed by atoms with Crippen molar-refractivity contribution in [2.24, 2.45) is 5.41 Å². The molecule has 0 aromatic heterocycles. The van der Waals surface area contributed by atoms with E-state index in [2.05, 4.69) is 6.07 Å². The van der Waals surface area contributed by atoms with Gasteiger partial charge in [0.1, 0.15) is 11.2 Å². The summed E-state index contributed by atoms with van der Waals surface area (Å²) in [5.41, 5.74) is 0.884. The Morgan fingerprint density at radius 3 is 2.89 bits per heavy atom. The van der Waals surface area contributed by atoms with Crippen molar-refractivity contribution in [3.63, 3.8) is 0 Å². The zero-order valence-corrected chi connectivity index (χ0v) is 10.8. The number of nitrogens with zero attached hydrogens (tertiary/aromatic N) is 1. The van der Waals surface area contributed by atoms with Gasteiger partial charge in [-0.1, -0.05) is 13.3 Å². The summed E-state index contributed by atoms with van der Waals surface area (Å²) in [7, 11) is 1.61. The minimum Gasteiger partial charge on any atom is -0.497 e. The number of hydrogen-bond donors (Lipinski definition) is 0. The lowest BCUT2D eigenvalue weighted by atomic mass is 9.69. The van der Waals surface area contributed by atoms with Crippen LogP contribution in [-0.2, 0) is 6.42 Å². The fraction of sp³-hybridized carbons (Fsp3) is 0.467. The normalized spacial score (nSPS) is 22.2. The van der Waals surface area contributed by atoms with Gasteiger partial charge >= 0.3 is 0 Å². The highest BCUT2D eigenvalue weighted by atomic mass is 16.5. The van der Waals surface area contributed by atoms with Crippen LogP contribution in [0.2, 0.25) is 0 Å². The number of benzene rings is 1. The number of fused-ring (bicyclic) bond motifs is 1. The van der Waals surface area contributed by atoms with Gasteiger partial charge in [-0.05, 0) is 43.0 Å². The van der Waals surface area contributed by atoms with Crippen LogP contribution in [0.4, 0.5) is 0 Å². The maximum atomic E-state index is 12.5. The molecule has 3 nitrogen and oxygen atoms in total. The summed E-state index contributed by atoms with van der Waals surface area (Å²) in [4.78, 5) is 12.5. The molecule has 0 fully saturated rings. The molecular weight excluding hydrogens is 226 g/mol. The standard InChI is InChI=1S/C15H17NO2/c1-3-7-15(10-16)8-6-11-9-12(18-2)4-5-13(11)14(15)17/h4-5,9H,3,6-8H2,1-2H3. The summed E-state index contributed by atoms with van der Waals surface area (Å²) in [6.07, 6.45) is 2.89. The summed E-state index contributed by atoms with van der Waals surface area (Å²) in [5, 5.41) is 9.37. The van der Waals surface area contributed by atoms with E-state index in [-0.39, 0.29) is 5.78 Å². The van der Waals surface area contributed by atoms with Gasteiger partial charge in [0.2, 0.25) is 0 Å². The van der Waals surface area contributed by atoms with Gasteiger partial charge in [-0.2, -0.15) is 5.26 Å². The lowest BCUT2D eigenvalue weighted by Crippen LogP contribution is -2.34. The molecule has 1 aromatic rings. The minimum atomic E-state index is -0.809. The predicted molar refractivity (Wildman–Crippen MR) is 68.6 cm³/mol. The Bertz CT molecular complexity index is 516. The number of rotatable bonds is 3. The summed E-state index contributed by atoms with van der Waals surface area (Å²) in [6, 6.07) is 7.74. The Labute approximate surface area is 107 Å². The Balaban J connectivity index is 2.43. The Morgan fingerprint density at radius 2 is 2.28 bits per heavy atom. The molecule has 2 rings (SSSR count). The van der Waals surface area contributed by atoms with Crippen molar-refractivity contribution in [1.29, 1.82) is 5.26 Å². The molecule has 0 spiro atoms.